The fourth-order valence-electron chi connectivity index (χ4n) is 2.13. The Bertz CT molecular complexity index is 425. The van der Waals surface area contributed by atoms with E-state index in [4.69, 9.17) is 4.74 Å². The number of halogens is 2. The molecule has 0 saturated heterocycles. The van der Waals surface area contributed by atoms with Crippen LogP contribution in [0.25, 0.3) is 0 Å². The van der Waals surface area contributed by atoms with Crippen LogP contribution in [0.5, 0.6) is 0 Å². The lowest BCUT2D eigenvalue weighted by atomic mass is 10.0. The molecule has 0 radical (unpaired) electrons. The topological polar surface area (TPSA) is 21.3 Å². The van der Waals surface area contributed by atoms with E-state index in [0.717, 1.165) is 24.7 Å². The molecule has 1 aromatic carbocycles. The molecule has 1 aliphatic rings. The first-order valence-corrected chi connectivity index (χ1v) is 6.14. The number of ether oxygens (including phenoxy) is 1. The molecule has 0 spiro atoms. The van der Waals surface area contributed by atoms with Crippen molar-refractivity contribution in [3.8, 4) is 0 Å². The largest absolute Gasteiger partial charge is 0.497 e. The van der Waals surface area contributed by atoms with Crippen LogP contribution in [-0.4, -0.2) is 19.7 Å². The maximum Gasteiger partial charge on any atom is 0.126 e. The summed E-state index contributed by atoms with van der Waals surface area (Å²) in [6.07, 6.45) is 4.57. The zero-order valence-electron chi connectivity index (χ0n) is 10.4. The quantitative estimate of drug-likeness (QED) is 0.891. The van der Waals surface area contributed by atoms with E-state index in [1.165, 1.54) is 12.1 Å². The van der Waals surface area contributed by atoms with Gasteiger partial charge in [0.25, 0.3) is 0 Å². The normalized spacial score (nSPS) is 16.9. The average molecular weight is 253 g/mol. The fourth-order valence-corrected chi connectivity index (χ4v) is 2.13. The van der Waals surface area contributed by atoms with Gasteiger partial charge in [-0.15, -0.1) is 0 Å². The summed E-state index contributed by atoms with van der Waals surface area (Å²) in [4.78, 5) is 0. The van der Waals surface area contributed by atoms with Gasteiger partial charge in [-0.25, -0.2) is 8.78 Å². The molecule has 2 nitrogen and oxygen atoms in total. The lowest BCUT2D eigenvalue weighted by Crippen LogP contribution is -2.32. The predicted octanol–water partition coefficient (Wildman–Crippen LogP) is 2.79. The minimum absolute atomic E-state index is 0.0356. The molecule has 0 amide bonds. The van der Waals surface area contributed by atoms with Gasteiger partial charge < -0.3 is 10.1 Å². The van der Waals surface area contributed by atoms with Crippen molar-refractivity contribution in [3.63, 3.8) is 0 Å². The van der Waals surface area contributed by atoms with E-state index in [0.29, 0.717) is 18.6 Å². The summed E-state index contributed by atoms with van der Waals surface area (Å²) in [6, 6.07) is 3.56. The first kappa shape index (κ1) is 13.0. The number of hydrogen-bond acceptors (Lipinski definition) is 2. The van der Waals surface area contributed by atoms with Crippen molar-refractivity contribution in [2.45, 2.75) is 25.3 Å². The van der Waals surface area contributed by atoms with E-state index >= 15 is 0 Å². The molecule has 0 aliphatic carbocycles. The molecular formula is C14H17F2NO. The van der Waals surface area contributed by atoms with E-state index in [2.05, 4.69) is 5.32 Å². The Morgan fingerprint density at radius 2 is 2.00 bits per heavy atom. The van der Waals surface area contributed by atoms with Crippen molar-refractivity contribution in [3.05, 3.63) is 47.2 Å². The standard InChI is InChI=1S/C14H17F2NO/c1-17-13(14-4-2-3-5-18-14)8-10-6-11(15)9-12(16)7-10/h4,6-7,9,13,17H,2-3,5,8H2,1H3. The molecule has 4 heteroatoms. The van der Waals surface area contributed by atoms with Gasteiger partial charge in [-0.05, 0) is 50.1 Å². The van der Waals surface area contributed by atoms with Gasteiger partial charge in [0.2, 0.25) is 0 Å². The van der Waals surface area contributed by atoms with Crippen molar-refractivity contribution in [2.24, 2.45) is 0 Å². The molecule has 18 heavy (non-hydrogen) atoms. The molecule has 0 saturated carbocycles. The molecular weight excluding hydrogens is 236 g/mol. The number of nitrogens with one attached hydrogen (secondary N) is 1. The summed E-state index contributed by atoms with van der Waals surface area (Å²) >= 11 is 0. The van der Waals surface area contributed by atoms with E-state index in [1.807, 2.05) is 13.1 Å². The second kappa shape index (κ2) is 5.96. The zero-order valence-corrected chi connectivity index (χ0v) is 10.4. The summed E-state index contributed by atoms with van der Waals surface area (Å²) in [5, 5.41) is 3.12. The molecule has 0 bridgehead atoms. The van der Waals surface area contributed by atoms with Gasteiger partial charge >= 0.3 is 0 Å². The van der Waals surface area contributed by atoms with Crippen molar-refractivity contribution in [2.75, 3.05) is 13.7 Å². The van der Waals surface area contributed by atoms with Crippen LogP contribution in [0.15, 0.2) is 30.0 Å². The molecule has 1 unspecified atom stereocenters. The predicted molar refractivity (Wildman–Crippen MR) is 66.2 cm³/mol. The van der Waals surface area contributed by atoms with Crippen LogP contribution in [0.1, 0.15) is 18.4 Å². The van der Waals surface area contributed by atoms with Gasteiger partial charge in [0, 0.05) is 6.07 Å². The number of allylic oxidation sites excluding steroid dienone is 1. The van der Waals surface area contributed by atoms with Crippen LogP contribution < -0.4 is 5.32 Å². The second-order valence-electron chi connectivity index (χ2n) is 4.42. The van der Waals surface area contributed by atoms with Crippen LogP contribution in [0, 0.1) is 11.6 Å². The molecule has 1 N–H and O–H groups in total. The van der Waals surface area contributed by atoms with Crippen molar-refractivity contribution < 1.29 is 13.5 Å². The highest BCUT2D eigenvalue weighted by molar-refractivity contribution is 5.21. The van der Waals surface area contributed by atoms with E-state index in [-0.39, 0.29) is 6.04 Å². The van der Waals surface area contributed by atoms with Gasteiger partial charge in [-0.1, -0.05) is 0 Å². The number of likely N-dealkylation sites (N-methyl/N-ethyl adjacent to an activating group) is 1. The monoisotopic (exact) mass is 253 g/mol. The summed E-state index contributed by atoms with van der Waals surface area (Å²) in [5.74, 6) is -0.217. The molecule has 1 aliphatic heterocycles. The van der Waals surface area contributed by atoms with Gasteiger partial charge in [0.15, 0.2) is 0 Å². The van der Waals surface area contributed by atoms with Crippen LogP contribution in [0.2, 0.25) is 0 Å². The molecule has 2 rings (SSSR count). The smallest absolute Gasteiger partial charge is 0.126 e. The minimum Gasteiger partial charge on any atom is -0.497 e. The van der Waals surface area contributed by atoms with E-state index in [1.54, 1.807) is 0 Å². The Kier molecular flexibility index (Phi) is 4.31. The first-order chi connectivity index (χ1) is 8.69. The van der Waals surface area contributed by atoms with E-state index in [9.17, 15) is 8.78 Å². The zero-order chi connectivity index (χ0) is 13.0. The Balaban J connectivity index is 2.12. The van der Waals surface area contributed by atoms with Crippen molar-refractivity contribution in [1.29, 1.82) is 0 Å². The number of hydrogen-bond donors (Lipinski definition) is 1. The summed E-state index contributed by atoms with van der Waals surface area (Å²) in [6.45, 7) is 0.710. The highest BCUT2D eigenvalue weighted by atomic mass is 19.1. The Morgan fingerprint density at radius 1 is 1.28 bits per heavy atom. The molecule has 1 heterocycles. The second-order valence-corrected chi connectivity index (χ2v) is 4.42. The van der Waals surface area contributed by atoms with Gasteiger partial charge in [-0.2, -0.15) is 0 Å². The van der Waals surface area contributed by atoms with Gasteiger partial charge in [-0.3, -0.25) is 0 Å². The highest BCUT2D eigenvalue weighted by Gasteiger charge is 2.17. The Labute approximate surface area is 106 Å². The molecule has 1 aromatic rings. The van der Waals surface area contributed by atoms with Gasteiger partial charge in [0.1, 0.15) is 17.4 Å². The lowest BCUT2D eigenvalue weighted by Gasteiger charge is -2.23. The van der Waals surface area contributed by atoms with Crippen LogP contribution in [0.3, 0.4) is 0 Å². The average Bonchev–Trinajstić information content (AvgIpc) is 2.36. The van der Waals surface area contributed by atoms with Crippen molar-refractivity contribution in [1.82, 2.24) is 5.32 Å². The number of rotatable bonds is 4. The Hall–Kier alpha value is -1.42. The van der Waals surface area contributed by atoms with Crippen molar-refractivity contribution >= 4 is 0 Å². The molecule has 0 aromatic heterocycles. The highest BCUT2D eigenvalue weighted by Crippen LogP contribution is 2.18. The number of benzene rings is 1. The molecule has 98 valence electrons. The maximum atomic E-state index is 13.1. The third kappa shape index (κ3) is 3.29. The molecule has 1 atom stereocenters. The van der Waals surface area contributed by atoms with E-state index < -0.39 is 11.6 Å². The SMILES string of the molecule is CNC(Cc1cc(F)cc(F)c1)C1=CCCCO1. The minimum atomic E-state index is -0.543. The lowest BCUT2D eigenvalue weighted by molar-refractivity contribution is 0.169. The maximum absolute atomic E-state index is 13.1. The van der Waals surface area contributed by atoms with Crippen LogP contribution in [0.4, 0.5) is 8.78 Å². The summed E-state index contributed by atoms with van der Waals surface area (Å²) in [7, 11) is 1.82. The Morgan fingerprint density at radius 3 is 2.56 bits per heavy atom. The fraction of sp³-hybridized carbons (Fsp3) is 0.429. The van der Waals surface area contributed by atoms with Gasteiger partial charge in [0.05, 0.1) is 12.6 Å². The summed E-state index contributed by atoms with van der Waals surface area (Å²) in [5.41, 5.74) is 0.627. The summed E-state index contributed by atoms with van der Waals surface area (Å²) < 4.78 is 31.8. The van der Waals surface area contributed by atoms with Crippen LogP contribution in [-0.2, 0) is 11.2 Å². The van der Waals surface area contributed by atoms with Crippen LogP contribution >= 0.6 is 0 Å². The third-order valence-electron chi connectivity index (χ3n) is 3.02. The third-order valence-corrected chi connectivity index (χ3v) is 3.02. The first-order valence-electron chi connectivity index (χ1n) is 6.14. The molecule has 0 fully saturated rings.